The van der Waals surface area contributed by atoms with Crippen molar-refractivity contribution in [2.75, 3.05) is 20.2 Å². The molecule has 1 aromatic carbocycles. The van der Waals surface area contributed by atoms with Crippen LogP contribution in [0.1, 0.15) is 11.8 Å². The van der Waals surface area contributed by atoms with Crippen molar-refractivity contribution >= 4 is 17.0 Å². The first-order chi connectivity index (χ1) is 9.16. The highest BCUT2D eigenvalue weighted by molar-refractivity contribution is 5.82. The summed E-state index contributed by atoms with van der Waals surface area (Å²) in [6.45, 7) is 1.57. The van der Waals surface area contributed by atoms with Crippen LogP contribution in [0.3, 0.4) is 0 Å². The van der Waals surface area contributed by atoms with Gasteiger partial charge in [0.15, 0.2) is 0 Å². The van der Waals surface area contributed by atoms with Crippen LogP contribution in [0.2, 0.25) is 0 Å². The van der Waals surface area contributed by atoms with Crippen LogP contribution in [0.15, 0.2) is 24.3 Å². The number of carboxylic acid groups (broad SMARTS) is 1. The molecule has 1 aromatic heterocycles. The fourth-order valence-electron chi connectivity index (χ4n) is 2.44. The van der Waals surface area contributed by atoms with E-state index in [1.165, 1.54) is 4.90 Å². The number of carbonyl (C=O) groups is 1. The highest BCUT2D eigenvalue weighted by atomic mass is 16.5. The third kappa shape index (κ3) is 2.04. The molecule has 2 aromatic rings. The summed E-state index contributed by atoms with van der Waals surface area (Å²) in [6, 6.07) is 7.85. The number of fused-ring (bicyclic) bond motifs is 3. The summed E-state index contributed by atoms with van der Waals surface area (Å²) >= 11 is 0. The molecule has 1 amide bonds. The van der Waals surface area contributed by atoms with Crippen molar-refractivity contribution in [2.45, 2.75) is 12.6 Å². The lowest BCUT2D eigenvalue weighted by molar-refractivity contribution is 0.00168. The molecular formula is C13H15N3O3. The molecule has 6 nitrogen and oxygen atoms in total. The van der Waals surface area contributed by atoms with Crippen LogP contribution >= 0.6 is 0 Å². The largest absolute Gasteiger partial charge is 0.465 e. The molecule has 19 heavy (non-hydrogen) atoms. The minimum absolute atomic E-state index is 0.262. The highest BCUT2D eigenvalue weighted by Crippen LogP contribution is 2.30. The molecule has 0 saturated carbocycles. The monoisotopic (exact) mass is 261 g/mol. The minimum Gasteiger partial charge on any atom is -0.465 e. The van der Waals surface area contributed by atoms with Gasteiger partial charge in [0, 0.05) is 12.4 Å². The Bertz CT molecular complexity index is 623. The van der Waals surface area contributed by atoms with Gasteiger partial charge < -0.3 is 14.7 Å². The van der Waals surface area contributed by atoms with Gasteiger partial charge in [0.1, 0.15) is 6.10 Å². The van der Waals surface area contributed by atoms with E-state index in [1.54, 1.807) is 7.05 Å². The van der Waals surface area contributed by atoms with Crippen LogP contribution < -0.4 is 0 Å². The third-order valence-corrected chi connectivity index (χ3v) is 3.38. The summed E-state index contributed by atoms with van der Waals surface area (Å²) < 4.78 is 7.65. The molecule has 2 heterocycles. The molecule has 0 spiro atoms. The lowest BCUT2D eigenvalue weighted by Crippen LogP contribution is -2.34. The van der Waals surface area contributed by atoms with E-state index in [2.05, 4.69) is 5.10 Å². The summed E-state index contributed by atoms with van der Waals surface area (Å²) in [4.78, 5) is 12.2. The predicted octanol–water partition coefficient (Wildman–Crippen LogP) is 1.72. The van der Waals surface area contributed by atoms with Gasteiger partial charge in [-0.2, -0.15) is 5.10 Å². The number of hydrogen-bond donors (Lipinski definition) is 1. The smallest absolute Gasteiger partial charge is 0.407 e. The molecule has 6 heteroatoms. The lowest BCUT2D eigenvalue weighted by Gasteiger charge is -2.27. The number of likely N-dealkylation sites (N-methyl/N-ethyl adjacent to an activating group) is 1. The van der Waals surface area contributed by atoms with Crippen molar-refractivity contribution in [1.29, 1.82) is 0 Å². The average Bonchev–Trinajstić information content (AvgIpc) is 2.77. The molecule has 1 atom stereocenters. The van der Waals surface area contributed by atoms with Crippen molar-refractivity contribution < 1.29 is 14.6 Å². The number of nitrogens with zero attached hydrogens (tertiary/aromatic N) is 3. The number of ether oxygens (including phenoxy) is 1. The number of amides is 1. The first kappa shape index (κ1) is 12.0. The Labute approximate surface area is 110 Å². The van der Waals surface area contributed by atoms with Gasteiger partial charge in [-0.3, -0.25) is 4.68 Å². The zero-order chi connectivity index (χ0) is 13.4. The molecule has 0 aliphatic carbocycles. The minimum atomic E-state index is -0.954. The zero-order valence-electron chi connectivity index (χ0n) is 10.6. The molecule has 1 aliphatic heterocycles. The molecule has 0 saturated heterocycles. The van der Waals surface area contributed by atoms with Crippen LogP contribution in [0, 0.1) is 0 Å². The number of rotatable bonds is 2. The quantitative estimate of drug-likeness (QED) is 0.893. The summed E-state index contributed by atoms with van der Waals surface area (Å²) in [5.41, 5.74) is 1.89. The summed E-state index contributed by atoms with van der Waals surface area (Å²) in [5, 5.41) is 14.5. The zero-order valence-corrected chi connectivity index (χ0v) is 10.6. The van der Waals surface area contributed by atoms with E-state index in [-0.39, 0.29) is 6.10 Å². The summed E-state index contributed by atoms with van der Waals surface area (Å²) in [6.07, 6.45) is -1.22. The van der Waals surface area contributed by atoms with Gasteiger partial charge in [-0.15, -0.1) is 0 Å². The van der Waals surface area contributed by atoms with Crippen molar-refractivity contribution in [2.24, 2.45) is 0 Å². The summed E-state index contributed by atoms with van der Waals surface area (Å²) in [5.74, 6) is 0. The van der Waals surface area contributed by atoms with E-state index in [9.17, 15) is 4.79 Å². The maximum Gasteiger partial charge on any atom is 0.407 e. The van der Waals surface area contributed by atoms with Crippen LogP contribution in [-0.4, -0.2) is 46.1 Å². The molecule has 100 valence electrons. The fraction of sp³-hybridized carbons (Fsp3) is 0.385. The third-order valence-electron chi connectivity index (χ3n) is 3.38. The van der Waals surface area contributed by atoms with Gasteiger partial charge in [-0.1, -0.05) is 18.2 Å². The van der Waals surface area contributed by atoms with Crippen molar-refractivity contribution in [3.63, 3.8) is 0 Å². The second kappa shape index (κ2) is 4.55. The van der Waals surface area contributed by atoms with Crippen LogP contribution in [0.4, 0.5) is 4.79 Å². The molecule has 0 radical (unpaired) electrons. The standard InChI is InChI=1S/C13H15N3O3/c1-15(13(17)18)8-11-12-9-4-2-3-5-10(9)14-16(12)6-7-19-11/h2-5,11H,6-8H2,1H3,(H,17,18)/t11-/m1/s1. The van der Waals surface area contributed by atoms with Crippen molar-refractivity contribution in [3.8, 4) is 0 Å². The van der Waals surface area contributed by atoms with Crippen LogP contribution in [-0.2, 0) is 11.3 Å². The molecule has 0 bridgehead atoms. The van der Waals surface area contributed by atoms with E-state index in [0.29, 0.717) is 19.7 Å². The topological polar surface area (TPSA) is 67.6 Å². The second-order valence-corrected chi connectivity index (χ2v) is 4.65. The van der Waals surface area contributed by atoms with Gasteiger partial charge in [-0.05, 0) is 6.07 Å². The molecular weight excluding hydrogens is 246 g/mol. The molecule has 3 rings (SSSR count). The lowest BCUT2D eigenvalue weighted by atomic mass is 10.1. The average molecular weight is 261 g/mol. The number of hydrogen-bond acceptors (Lipinski definition) is 3. The summed E-state index contributed by atoms with van der Waals surface area (Å²) in [7, 11) is 1.54. The number of benzene rings is 1. The Morgan fingerprint density at radius 1 is 1.58 bits per heavy atom. The first-order valence-electron chi connectivity index (χ1n) is 6.18. The first-order valence-corrected chi connectivity index (χ1v) is 6.18. The Kier molecular flexibility index (Phi) is 2.87. The Hall–Kier alpha value is -2.08. The van der Waals surface area contributed by atoms with Crippen LogP contribution in [0.5, 0.6) is 0 Å². The van der Waals surface area contributed by atoms with Crippen molar-refractivity contribution in [1.82, 2.24) is 14.7 Å². The second-order valence-electron chi connectivity index (χ2n) is 4.65. The van der Waals surface area contributed by atoms with E-state index in [1.807, 2.05) is 28.9 Å². The van der Waals surface area contributed by atoms with Crippen molar-refractivity contribution in [3.05, 3.63) is 30.0 Å². The van der Waals surface area contributed by atoms with Gasteiger partial charge in [0.05, 0.1) is 30.9 Å². The maximum atomic E-state index is 10.9. The molecule has 0 fully saturated rings. The van der Waals surface area contributed by atoms with Gasteiger partial charge in [0.2, 0.25) is 0 Å². The van der Waals surface area contributed by atoms with Gasteiger partial charge in [-0.25, -0.2) is 4.79 Å². The SMILES string of the molecule is CN(C[C@H]1OCCn2nc3ccccc3c21)C(=O)O. The maximum absolute atomic E-state index is 10.9. The Morgan fingerprint density at radius 3 is 3.16 bits per heavy atom. The molecule has 0 unspecified atom stereocenters. The Morgan fingerprint density at radius 2 is 2.37 bits per heavy atom. The van der Waals surface area contributed by atoms with E-state index in [0.717, 1.165) is 16.6 Å². The van der Waals surface area contributed by atoms with E-state index in [4.69, 9.17) is 9.84 Å². The normalized spacial score (nSPS) is 18.3. The van der Waals surface area contributed by atoms with E-state index < -0.39 is 6.09 Å². The highest BCUT2D eigenvalue weighted by Gasteiger charge is 2.27. The predicted molar refractivity (Wildman–Crippen MR) is 69.1 cm³/mol. The number of aromatic nitrogens is 2. The Balaban J connectivity index is 2.01. The molecule has 1 aliphatic rings. The molecule has 1 N–H and O–H groups in total. The van der Waals surface area contributed by atoms with Gasteiger partial charge in [0.25, 0.3) is 0 Å². The van der Waals surface area contributed by atoms with Gasteiger partial charge >= 0.3 is 6.09 Å². The van der Waals surface area contributed by atoms with E-state index >= 15 is 0 Å². The fourth-order valence-corrected chi connectivity index (χ4v) is 2.44. The van der Waals surface area contributed by atoms with Crippen LogP contribution in [0.25, 0.3) is 10.9 Å².